The molecule has 0 bridgehead atoms. The van der Waals surface area contributed by atoms with Crippen LogP contribution in [0.1, 0.15) is 60.3 Å². The van der Waals surface area contributed by atoms with E-state index in [1.807, 2.05) is 25.7 Å². The van der Waals surface area contributed by atoms with Gasteiger partial charge in [0.25, 0.3) is 0 Å². The molecule has 0 aromatic heterocycles. The zero-order valence-electron chi connectivity index (χ0n) is 15.1. The minimum absolute atomic E-state index is 0.0261. The Morgan fingerprint density at radius 2 is 1.83 bits per heavy atom. The van der Waals surface area contributed by atoms with Crippen molar-refractivity contribution in [3.05, 3.63) is 0 Å². The van der Waals surface area contributed by atoms with Crippen molar-refractivity contribution in [1.82, 2.24) is 15.5 Å². The first kappa shape index (κ1) is 18.0. The van der Waals surface area contributed by atoms with Gasteiger partial charge in [-0.25, -0.2) is 4.79 Å². The Labute approximate surface area is 139 Å². The maximum absolute atomic E-state index is 13.0. The van der Waals surface area contributed by atoms with Crippen LogP contribution in [0.25, 0.3) is 0 Å². The molecule has 0 spiro atoms. The Morgan fingerprint density at radius 3 is 2.48 bits per heavy atom. The average molecular weight is 325 g/mol. The number of piperidine rings is 2. The first-order valence-electron chi connectivity index (χ1n) is 8.66. The van der Waals surface area contributed by atoms with Crippen molar-refractivity contribution in [3.63, 3.8) is 0 Å². The third kappa shape index (κ3) is 4.59. The summed E-state index contributed by atoms with van der Waals surface area (Å²) in [6, 6.07) is 0.628. The fraction of sp³-hybridized carbons (Fsp3) is 0.882. The molecule has 2 fully saturated rings. The van der Waals surface area contributed by atoms with Gasteiger partial charge in [-0.2, -0.15) is 0 Å². The van der Waals surface area contributed by atoms with E-state index in [1.54, 1.807) is 13.8 Å². The highest BCUT2D eigenvalue weighted by molar-refractivity contribution is 5.89. The van der Waals surface area contributed by atoms with Gasteiger partial charge in [0, 0.05) is 18.6 Å². The highest BCUT2D eigenvalue weighted by Crippen LogP contribution is 2.26. The van der Waals surface area contributed by atoms with Crippen LogP contribution in [0.5, 0.6) is 0 Å². The van der Waals surface area contributed by atoms with E-state index in [-0.39, 0.29) is 11.9 Å². The quantitative estimate of drug-likeness (QED) is 0.815. The number of carbonyl (C=O) groups is 2. The molecule has 132 valence electrons. The normalized spacial score (nSPS) is 25.5. The molecule has 0 saturated carbocycles. The SMILES string of the molecule is CC(C)(C)OC(=O)NC(C)(C)C(=O)N1CCCC2NCCCC21. The van der Waals surface area contributed by atoms with Crippen LogP contribution in [0, 0.1) is 0 Å². The monoisotopic (exact) mass is 325 g/mol. The molecule has 23 heavy (non-hydrogen) atoms. The predicted octanol–water partition coefficient (Wildman–Crippen LogP) is 2.03. The van der Waals surface area contributed by atoms with Crippen LogP contribution in [0.4, 0.5) is 4.79 Å². The van der Waals surface area contributed by atoms with E-state index in [0.717, 1.165) is 38.8 Å². The average Bonchev–Trinajstić information content (AvgIpc) is 2.43. The summed E-state index contributed by atoms with van der Waals surface area (Å²) < 4.78 is 5.28. The van der Waals surface area contributed by atoms with Crippen LogP contribution in [0.3, 0.4) is 0 Å². The molecular formula is C17H31N3O3. The van der Waals surface area contributed by atoms with Gasteiger partial charge in [-0.05, 0) is 66.8 Å². The summed E-state index contributed by atoms with van der Waals surface area (Å²) in [5.74, 6) is -0.0261. The van der Waals surface area contributed by atoms with Crippen LogP contribution in [0.2, 0.25) is 0 Å². The van der Waals surface area contributed by atoms with Crippen molar-refractivity contribution in [2.45, 2.75) is 83.5 Å². The maximum atomic E-state index is 13.0. The van der Waals surface area contributed by atoms with E-state index >= 15 is 0 Å². The minimum Gasteiger partial charge on any atom is -0.444 e. The Balaban J connectivity index is 2.03. The number of carbonyl (C=O) groups excluding carboxylic acids is 2. The first-order valence-corrected chi connectivity index (χ1v) is 8.66. The molecule has 2 aliphatic heterocycles. The number of fused-ring (bicyclic) bond motifs is 1. The second-order valence-electron chi connectivity index (χ2n) is 8.16. The zero-order chi connectivity index (χ0) is 17.3. The van der Waals surface area contributed by atoms with E-state index in [4.69, 9.17) is 4.74 Å². The minimum atomic E-state index is -0.971. The molecular weight excluding hydrogens is 294 g/mol. The van der Waals surface area contributed by atoms with Crippen molar-refractivity contribution < 1.29 is 14.3 Å². The summed E-state index contributed by atoms with van der Waals surface area (Å²) in [5.41, 5.74) is -1.55. The lowest BCUT2D eigenvalue weighted by molar-refractivity contribution is -0.142. The third-order valence-corrected chi connectivity index (χ3v) is 4.47. The van der Waals surface area contributed by atoms with Crippen LogP contribution in [0.15, 0.2) is 0 Å². The van der Waals surface area contributed by atoms with Gasteiger partial charge in [-0.15, -0.1) is 0 Å². The molecule has 0 aromatic carbocycles. The Morgan fingerprint density at radius 1 is 1.13 bits per heavy atom. The molecule has 2 rings (SSSR count). The van der Waals surface area contributed by atoms with Crippen molar-refractivity contribution in [2.75, 3.05) is 13.1 Å². The number of hydrogen-bond acceptors (Lipinski definition) is 4. The largest absolute Gasteiger partial charge is 0.444 e. The number of amides is 2. The van der Waals surface area contributed by atoms with Gasteiger partial charge in [-0.1, -0.05) is 0 Å². The van der Waals surface area contributed by atoms with E-state index in [0.29, 0.717) is 6.04 Å². The third-order valence-electron chi connectivity index (χ3n) is 4.47. The fourth-order valence-electron chi connectivity index (χ4n) is 3.47. The van der Waals surface area contributed by atoms with Gasteiger partial charge in [-0.3, -0.25) is 4.79 Å². The molecule has 0 aliphatic carbocycles. The number of nitrogens with zero attached hydrogens (tertiary/aromatic N) is 1. The van der Waals surface area contributed by atoms with Gasteiger partial charge in [0.1, 0.15) is 11.1 Å². The van der Waals surface area contributed by atoms with Crippen LogP contribution < -0.4 is 10.6 Å². The molecule has 6 nitrogen and oxygen atoms in total. The van der Waals surface area contributed by atoms with Gasteiger partial charge >= 0.3 is 6.09 Å². The van der Waals surface area contributed by atoms with Gasteiger partial charge in [0.2, 0.25) is 5.91 Å². The van der Waals surface area contributed by atoms with Crippen molar-refractivity contribution in [2.24, 2.45) is 0 Å². The number of ether oxygens (including phenoxy) is 1. The molecule has 2 amide bonds. The van der Waals surface area contributed by atoms with Crippen LogP contribution in [-0.4, -0.2) is 53.2 Å². The molecule has 6 heteroatoms. The number of hydrogen-bond donors (Lipinski definition) is 2. The summed E-state index contributed by atoms with van der Waals surface area (Å²) in [5, 5.41) is 6.26. The number of rotatable bonds is 2. The molecule has 2 N–H and O–H groups in total. The van der Waals surface area contributed by atoms with E-state index in [9.17, 15) is 9.59 Å². The second-order valence-corrected chi connectivity index (χ2v) is 8.16. The van der Waals surface area contributed by atoms with Crippen LogP contribution >= 0.6 is 0 Å². The summed E-state index contributed by atoms with van der Waals surface area (Å²) in [6.07, 6.45) is 3.69. The molecule has 0 radical (unpaired) electrons. The number of likely N-dealkylation sites (tertiary alicyclic amines) is 1. The van der Waals surface area contributed by atoms with Crippen LogP contribution in [-0.2, 0) is 9.53 Å². The lowest BCUT2D eigenvalue weighted by atomic mass is 9.88. The predicted molar refractivity (Wildman–Crippen MR) is 89.2 cm³/mol. The summed E-state index contributed by atoms with van der Waals surface area (Å²) in [6.45, 7) is 10.7. The molecule has 2 atom stereocenters. The standard InChI is InChI=1S/C17H31N3O3/c1-16(2,3)23-15(22)19-17(4,5)14(21)20-11-7-8-12-13(20)9-6-10-18-12/h12-13,18H,6-11H2,1-5H3,(H,19,22). The summed E-state index contributed by atoms with van der Waals surface area (Å²) in [4.78, 5) is 27.0. The summed E-state index contributed by atoms with van der Waals surface area (Å²) >= 11 is 0. The van der Waals surface area contributed by atoms with Gasteiger partial charge in [0.15, 0.2) is 0 Å². The lowest BCUT2D eigenvalue weighted by Gasteiger charge is -2.46. The Kier molecular flexibility index (Phi) is 5.23. The molecule has 0 aromatic rings. The lowest BCUT2D eigenvalue weighted by Crippen LogP contribution is -2.64. The second kappa shape index (κ2) is 6.67. The Bertz CT molecular complexity index is 454. The van der Waals surface area contributed by atoms with E-state index in [1.165, 1.54) is 0 Å². The van der Waals surface area contributed by atoms with Gasteiger partial charge in [0.05, 0.1) is 0 Å². The molecule has 2 aliphatic rings. The topological polar surface area (TPSA) is 70.7 Å². The van der Waals surface area contributed by atoms with Crippen molar-refractivity contribution in [3.8, 4) is 0 Å². The Hall–Kier alpha value is -1.30. The van der Waals surface area contributed by atoms with E-state index in [2.05, 4.69) is 10.6 Å². The number of nitrogens with one attached hydrogen (secondary N) is 2. The zero-order valence-corrected chi connectivity index (χ0v) is 15.1. The van der Waals surface area contributed by atoms with Crippen molar-refractivity contribution in [1.29, 1.82) is 0 Å². The molecule has 2 unspecified atom stereocenters. The first-order chi connectivity index (χ1) is 10.6. The highest BCUT2D eigenvalue weighted by atomic mass is 16.6. The van der Waals surface area contributed by atoms with E-state index < -0.39 is 17.2 Å². The maximum Gasteiger partial charge on any atom is 0.408 e. The fourth-order valence-corrected chi connectivity index (χ4v) is 3.47. The number of alkyl carbamates (subject to hydrolysis) is 1. The van der Waals surface area contributed by atoms with Crippen molar-refractivity contribution >= 4 is 12.0 Å². The highest BCUT2D eigenvalue weighted by Gasteiger charge is 2.42. The molecule has 2 saturated heterocycles. The van der Waals surface area contributed by atoms with Gasteiger partial charge < -0.3 is 20.3 Å². The smallest absolute Gasteiger partial charge is 0.408 e. The molecule has 2 heterocycles. The summed E-state index contributed by atoms with van der Waals surface area (Å²) in [7, 11) is 0.